The molecule has 1 aromatic carbocycles. The molecule has 1 N–H and O–H groups in total. The zero-order valence-corrected chi connectivity index (χ0v) is 20.1. The Kier molecular flexibility index (Phi) is 8.38. The van der Waals surface area contributed by atoms with Gasteiger partial charge in [0.2, 0.25) is 5.95 Å². The second-order valence-corrected chi connectivity index (χ2v) is 9.45. The van der Waals surface area contributed by atoms with Crippen LogP contribution in [0.15, 0.2) is 24.5 Å². The summed E-state index contributed by atoms with van der Waals surface area (Å²) < 4.78 is 38.4. The number of hydrogen-bond acceptors (Lipinski definition) is 9. The molecule has 1 aliphatic rings. The van der Waals surface area contributed by atoms with Gasteiger partial charge < -0.3 is 19.0 Å². The molecule has 1 saturated heterocycles. The first-order valence-corrected chi connectivity index (χ1v) is 12.7. The minimum absolute atomic E-state index is 0.0914. The Labute approximate surface area is 194 Å². The number of nitrogens with one attached hydrogen (secondary N) is 1. The molecule has 0 saturated carbocycles. The van der Waals surface area contributed by atoms with Gasteiger partial charge in [-0.1, -0.05) is 11.6 Å². The summed E-state index contributed by atoms with van der Waals surface area (Å²) in [6.07, 6.45) is 5.52. The minimum Gasteiger partial charge on any atom is -0.492 e. The maximum Gasteiger partial charge on any atom is 0.306 e. The van der Waals surface area contributed by atoms with Crippen LogP contribution in [0.5, 0.6) is 17.2 Å². The van der Waals surface area contributed by atoms with Crippen molar-refractivity contribution in [2.45, 2.75) is 39.3 Å². The van der Waals surface area contributed by atoms with Crippen LogP contribution < -0.4 is 19.0 Å². The third-order valence-electron chi connectivity index (χ3n) is 4.87. The van der Waals surface area contributed by atoms with Crippen molar-refractivity contribution < 1.29 is 22.1 Å². The van der Waals surface area contributed by atoms with Gasteiger partial charge in [-0.2, -0.15) is 8.42 Å². The highest BCUT2D eigenvalue weighted by Crippen LogP contribution is 2.36. The molecule has 0 bridgehead atoms. The quantitative estimate of drug-likeness (QED) is 0.508. The largest absolute Gasteiger partial charge is 0.492 e. The summed E-state index contributed by atoms with van der Waals surface area (Å²) in [5, 5.41) is 3.81. The molecule has 176 valence electrons. The van der Waals surface area contributed by atoms with E-state index in [-0.39, 0.29) is 11.8 Å². The van der Waals surface area contributed by atoms with Gasteiger partial charge in [0.1, 0.15) is 16.5 Å². The fraction of sp³-hybridized carbons (Fsp3) is 0.524. The van der Waals surface area contributed by atoms with Crippen LogP contribution >= 0.6 is 11.6 Å². The Morgan fingerprint density at radius 2 is 1.66 bits per heavy atom. The van der Waals surface area contributed by atoms with Gasteiger partial charge in [0, 0.05) is 25.7 Å². The van der Waals surface area contributed by atoms with Crippen LogP contribution in [0.2, 0.25) is 5.02 Å². The van der Waals surface area contributed by atoms with Crippen molar-refractivity contribution in [2.24, 2.45) is 0 Å². The lowest BCUT2D eigenvalue weighted by molar-refractivity contribution is 0.210. The molecule has 1 aliphatic heterocycles. The number of rotatable bonds is 10. The number of piperidine rings is 1. The second kappa shape index (κ2) is 11.0. The number of anilines is 1. The molecule has 1 fully saturated rings. The maximum absolute atomic E-state index is 11.2. The Hall–Kier alpha value is -2.30. The molecule has 3 rings (SSSR count). The van der Waals surface area contributed by atoms with Crippen molar-refractivity contribution in [1.29, 1.82) is 0 Å². The van der Waals surface area contributed by atoms with Crippen LogP contribution in [0.25, 0.3) is 0 Å². The van der Waals surface area contributed by atoms with Crippen molar-refractivity contribution in [3.05, 3.63) is 35.1 Å². The van der Waals surface area contributed by atoms with Crippen LogP contribution in [-0.4, -0.2) is 61.9 Å². The Morgan fingerprint density at radius 1 is 1.09 bits per heavy atom. The van der Waals surface area contributed by atoms with Crippen molar-refractivity contribution in [3.63, 3.8) is 0 Å². The van der Waals surface area contributed by atoms with Crippen LogP contribution in [0.4, 0.5) is 5.95 Å². The molecule has 0 atom stereocenters. The summed E-state index contributed by atoms with van der Waals surface area (Å²) >= 11 is 6.40. The normalized spacial score (nSPS) is 15.4. The van der Waals surface area contributed by atoms with Gasteiger partial charge in [0.15, 0.2) is 5.75 Å². The van der Waals surface area contributed by atoms with Crippen molar-refractivity contribution in [1.82, 2.24) is 14.9 Å². The molecule has 0 amide bonds. The molecule has 0 radical (unpaired) electrons. The topological polar surface area (TPSA) is 103 Å². The number of benzene rings is 1. The lowest BCUT2D eigenvalue weighted by atomic mass is 10.0. The average Bonchev–Trinajstić information content (AvgIpc) is 2.73. The van der Waals surface area contributed by atoms with Crippen LogP contribution in [-0.2, 0) is 16.7 Å². The average molecular weight is 485 g/mol. The molecule has 2 aromatic rings. The summed E-state index contributed by atoms with van der Waals surface area (Å²) in [5.74, 6) is 1.83. The van der Waals surface area contributed by atoms with Gasteiger partial charge in [-0.3, -0.25) is 4.90 Å². The molecule has 11 heteroatoms. The van der Waals surface area contributed by atoms with Crippen LogP contribution in [0.1, 0.15) is 32.3 Å². The summed E-state index contributed by atoms with van der Waals surface area (Å²) in [4.78, 5) is 10.7. The number of ether oxygens (including phenoxy) is 2. The molecule has 9 nitrogen and oxygen atoms in total. The van der Waals surface area contributed by atoms with E-state index >= 15 is 0 Å². The third kappa shape index (κ3) is 7.11. The van der Waals surface area contributed by atoms with E-state index in [1.54, 1.807) is 0 Å². The standard InChI is InChI=1S/C21H29ClN4O5S/c1-4-29-18-10-15(11-19(20(18)22)30-5-2)14-26-8-6-16(7-9-26)25-21-23-12-17(13-24-21)31-32(3,27)28/h10-13,16H,4-9,14H2,1-3H3,(H,23,24,25). The Bertz CT molecular complexity index is 969. The van der Waals surface area contributed by atoms with E-state index < -0.39 is 10.1 Å². The van der Waals surface area contributed by atoms with E-state index in [9.17, 15) is 8.42 Å². The number of hydrogen-bond donors (Lipinski definition) is 1. The molecule has 1 aromatic heterocycles. The molecule has 32 heavy (non-hydrogen) atoms. The first-order chi connectivity index (χ1) is 15.3. The summed E-state index contributed by atoms with van der Waals surface area (Å²) in [6.45, 7) is 7.52. The first-order valence-electron chi connectivity index (χ1n) is 10.6. The van der Waals surface area contributed by atoms with E-state index in [0.29, 0.717) is 35.7 Å². The Balaban J connectivity index is 1.55. The van der Waals surface area contributed by atoms with E-state index in [4.69, 9.17) is 25.3 Å². The van der Waals surface area contributed by atoms with E-state index in [1.807, 2.05) is 26.0 Å². The highest BCUT2D eigenvalue weighted by atomic mass is 35.5. The van der Waals surface area contributed by atoms with Crippen molar-refractivity contribution >= 4 is 27.7 Å². The maximum atomic E-state index is 11.2. The van der Waals surface area contributed by atoms with E-state index in [2.05, 4.69) is 20.2 Å². The van der Waals surface area contributed by atoms with Crippen LogP contribution in [0, 0.1) is 0 Å². The number of halogens is 1. The first kappa shape index (κ1) is 24.3. The summed E-state index contributed by atoms with van der Waals surface area (Å²) in [6, 6.07) is 4.19. The van der Waals surface area contributed by atoms with Gasteiger partial charge in [-0.15, -0.1) is 0 Å². The molecule has 2 heterocycles. The van der Waals surface area contributed by atoms with Gasteiger partial charge in [0.05, 0.1) is 31.9 Å². The number of nitrogens with zero attached hydrogens (tertiary/aromatic N) is 3. The zero-order chi connectivity index (χ0) is 23.1. The van der Waals surface area contributed by atoms with E-state index in [0.717, 1.165) is 44.3 Å². The van der Waals surface area contributed by atoms with Gasteiger partial charge in [-0.05, 0) is 44.4 Å². The highest BCUT2D eigenvalue weighted by molar-refractivity contribution is 7.86. The van der Waals surface area contributed by atoms with Crippen molar-refractivity contribution in [3.8, 4) is 17.2 Å². The second-order valence-electron chi connectivity index (χ2n) is 7.50. The smallest absolute Gasteiger partial charge is 0.306 e. The van der Waals surface area contributed by atoms with Crippen LogP contribution in [0.3, 0.4) is 0 Å². The molecular weight excluding hydrogens is 456 g/mol. The summed E-state index contributed by atoms with van der Waals surface area (Å²) in [5.41, 5.74) is 1.09. The SMILES string of the molecule is CCOc1cc(CN2CCC(Nc3ncc(OS(C)(=O)=O)cn3)CC2)cc(OCC)c1Cl. The number of aromatic nitrogens is 2. The number of likely N-dealkylation sites (tertiary alicyclic amines) is 1. The van der Waals surface area contributed by atoms with Gasteiger partial charge in [0.25, 0.3) is 0 Å². The summed E-state index contributed by atoms with van der Waals surface area (Å²) in [7, 11) is -3.59. The predicted octanol–water partition coefficient (Wildman–Crippen LogP) is 3.34. The minimum atomic E-state index is -3.59. The third-order valence-corrected chi connectivity index (χ3v) is 5.74. The fourth-order valence-electron chi connectivity index (χ4n) is 3.52. The van der Waals surface area contributed by atoms with Gasteiger partial charge >= 0.3 is 10.1 Å². The molecule has 0 spiro atoms. The fourth-order valence-corrected chi connectivity index (χ4v) is 4.18. The Morgan fingerprint density at radius 3 is 2.16 bits per heavy atom. The lowest BCUT2D eigenvalue weighted by Crippen LogP contribution is -2.39. The lowest BCUT2D eigenvalue weighted by Gasteiger charge is -2.32. The zero-order valence-electron chi connectivity index (χ0n) is 18.5. The molecular formula is C21H29ClN4O5S. The van der Waals surface area contributed by atoms with Gasteiger partial charge in [-0.25, -0.2) is 9.97 Å². The monoisotopic (exact) mass is 484 g/mol. The molecule has 0 aliphatic carbocycles. The van der Waals surface area contributed by atoms with E-state index in [1.165, 1.54) is 12.4 Å². The predicted molar refractivity (Wildman–Crippen MR) is 123 cm³/mol. The molecule has 0 unspecified atom stereocenters. The highest BCUT2D eigenvalue weighted by Gasteiger charge is 2.21. The van der Waals surface area contributed by atoms with Crippen molar-refractivity contribution in [2.75, 3.05) is 37.9 Å².